The van der Waals surface area contributed by atoms with Crippen molar-refractivity contribution in [2.45, 2.75) is 77.7 Å². The quantitative estimate of drug-likeness (QED) is 0.528. The van der Waals surface area contributed by atoms with E-state index < -0.39 is 23.7 Å². The molecule has 1 atom stereocenters. The minimum atomic E-state index is -0.808. The van der Waals surface area contributed by atoms with Crippen molar-refractivity contribution in [2.24, 2.45) is 0 Å². The van der Waals surface area contributed by atoms with Crippen molar-refractivity contribution in [2.75, 3.05) is 13.1 Å². The van der Waals surface area contributed by atoms with Gasteiger partial charge >= 0.3 is 12.1 Å². The van der Waals surface area contributed by atoms with Gasteiger partial charge in [0.05, 0.1) is 0 Å². The number of rotatable bonds is 8. The number of benzene rings is 1. The molecule has 1 unspecified atom stereocenters. The van der Waals surface area contributed by atoms with Crippen LogP contribution in [0.2, 0.25) is 0 Å². The minimum absolute atomic E-state index is 0.146. The van der Waals surface area contributed by atoms with Crippen molar-refractivity contribution in [3.05, 3.63) is 57.8 Å². The number of hydrogen-bond donors (Lipinski definition) is 1. The molecule has 3 rings (SSSR count). The Kier molecular flexibility index (Phi) is 9.32. The van der Waals surface area contributed by atoms with Gasteiger partial charge in [-0.3, -0.25) is 4.90 Å². The maximum absolute atomic E-state index is 12.8. The molecule has 1 aromatic heterocycles. The first kappa shape index (κ1) is 25.2. The fraction of sp³-hybridized carbons (Fsp3) is 0.538. The van der Waals surface area contributed by atoms with Crippen molar-refractivity contribution < 1.29 is 19.1 Å². The van der Waals surface area contributed by atoms with E-state index in [-0.39, 0.29) is 6.61 Å². The molecule has 6 nitrogen and oxygen atoms in total. The predicted molar refractivity (Wildman–Crippen MR) is 131 cm³/mol. The number of hydrogen-bond acceptors (Lipinski definition) is 6. The maximum Gasteiger partial charge on any atom is 0.408 e. The highest BCUT2D eigenvalue weighted by molar-refractivity contribution is 7.12. The fourth-order valence-electron chi connectivity index (χ4n) is 3.81. The first-order chi connectivity index (χ1) is 15.8. The molecule has 1 aliphatic heterocycles. The highest BCUT2D eigenvalue weighted by Gasteiger charge is 2.28. The molecule has 1 fully saturated rings. The molecule has 0 spiro atoms. The van der Waals surface area contributed by atoms with E-state index in [1.807, 2.05) is 57.2 Å². The Bertz CT molecular complexity index is 883. The molecule has 1 N–H and O–H groups in total. The maximum atomic E-state index is 12.8. The summed E-state index contributed by atoms with van der Waals surface area (Å²) in [5.41, 5.74) is 0.246. The summed E-state index contributed by atoms with van der Waals surface area (Å²) >= 11 is 1.69. The molecule has 1 amide bonds. The molecule has 2 aromatic rings. The summed E-state index contributed by atoms with van der Waals surface area (Å²) in [5, 5.41) is 2.72. The van der Waals surface area contributed by atoms with E-state index in [4.69, 9.17) is 9.47 Å². The number of amides is 1. The number of esters is 1. The van der Waals surface area contributed by atoms with Gasteiger partial charge in [0.25, 0.3) is 0 Å². The Balaban J connectivity index is 1.60. The molecule has 33 heavy (non-hydrogen) atoms. The van der Waals surface area contributed by atoms with E-state index in [0.29, 0.717) is 6.42 Å². The first-order valence-electron chi connectivity index (χ1n) is 11.8. The molecular weight excluding hydrogens is 436 g/mol. The van der Waals surface area contributed by atoms with Gasteiger partial charge in [0.15, 0.2) is 0 Å². The lowest BCUT2D eigenvalue weighted by Gasteiger charge is -2.24. The largest absolute Gasteiger partial charge is 0.458 e. The zero-order valence-corrected chi connectivity index (χ0v) is 20.8. The molecule has 1 aromatic carbocycles. The summed E-state index contributed by atoms with van der Waals surface area (Å²) in [4.78, 5) is 30.1. The Morgan fingerprint density at radius 3 is 2.33 bits per heavy atom. The van der Waals surface area contributed by atoms with Gasteiger partial charge in [-0.2, -0.15) is 0 Å². The number of ether oxygens (including phenoxy) is 2. The van der Waals surface area contributed by atoms with Crippen LogP contribution in [0.5, 0.6) is 0 Å². The van der Waals surface area contributed by atoms with E-state index in [9.17, 15) is 9.59 Å². The average molecular weight is 473 g/mol. The highest BCUT2D eigenvalue weighted by atomic mass is 32.1. The predicted octanol–water partition coefficient (Wildman–Crippen LogP) is 5.30. The third kappa shape index (κ3) is 9.18. The summed E-state index contributed by atoms with van der Waals surface area (Å²) in [6.45, 7) is 8.83. The van der Waals surface area contributed by atoms with E-state index in [1.54, 1.807) is 11.3 Å². The van der Waals surface area contributed by atoms with Crippen LogP contribution in [0.1, 0.15) is 61.8 Å². The zero-order valence-electron chi connectivity index (χ0n) is 20.0. The van der Waals surface area contributed by atoms with E-state index >= 15 is 0 Å². The minimum Gasteiger partial charge on any atom is -0.458 e. The third-order valence-corrected chi connectivity index (χ3v) is 6.49. The van der Waals surface area contributed by atoms with Crippen molar-refractivity contribution in [3.63, 3.8) is 0 Å². The number of carbonyl (C=O) groups is 2. The summed E-state index contributed by atoms with van der Waals surface area (Å²) in [6, 6.07) is 12.8. The van der Waals surface area contributed by atoms with E-state index in [1.165, 1.54) is 30.6 Å². The number of nitrogens with one attached hydrogen (secondary N) is 1. The Morgan fingerprint density at radius 1 is 1.00 bits per heavy atom. The Morgan fingerprint density at radius 2 is 1.67 bits per heavy atom. The van der Waals surface area contributed by atoms with Gasteiger partial charge in [-0.15, -0.1) is 11.3 Å². The lowest BCUT2D eigenvalue weighted by molar-refractivity contribution is -0.157. The van der Waals surface area contributed by atoms with Crippen molar-refractivity contribution in [1.82, 2.24) is 10.2 Å². The molecular formula is C26H36N2O4S. The second-order valence-corrected chi connectivity index (χ2v) is 10.8. The summed E-state index contributed by atoms with van der Waals surface area (Å²) in [7, 11) is 0. The van der Waals surface area contributed by atoms with Crippen LogP contribution in [0, 0.1) is 0 Å². The van der Waals surface area contributed by atoms with Crippen molar-refractivity contribution in [1.29, 1.82) is 0 Å². The summed E-state index contributed by atoms with van der Waals surface area (Å²) in [5.74, 6) is -0.457. The first-order valence-corrected chi connectivity index (χ1v) is 12.6. The SMILES string of the molecule is CC(C)(C)OC(=O)C(Cc1ccc(CN2CCCCCC2)s1)NC(=O)OCc1ccccc1. The number of likely N-dealkylation sites (tertiary alicyclic amines) is 1. The topological polar surface area (TPSA) is 67.9 Å². The highest BCUT2D eigenvalue weighted by Crippen LogP contribution is 2.22. The van der Waals surface area contributed by atoms with E-state index in [2.05, 4.69) is 16.3 Å². The second-order valence-electron chi connectivity index (χ2n) is 9.55. The van der Waals surface area contributed by atoms with Crippen LogP contribution in [0.15, 0.2) is 42.5 Å². The lowest BCUT2D eigenvalue weighted by atomic mass is 10.1. The van der Waals surface area contributed by atoms with Gasteiger partial charge in [0.1, 0.15) is 18.2 Å². The van der Waals surface area contributed by atoms with Gasteiger partial charge in [-0.05, 0) is 64.4 Å². The Labute approximate surface area is 201 Å². The number of carbonyl (C=O) groups excluding carboxylic acids is 2. The summed E-state index contributed by atoms with van der Waals surface area (Å²) < 4.78 is 10.9. The monoisotopic (exact) mass is 472 g/mol. The third-order valence-electron chi connectivity index (χ3n) is 5.40. The number of nitrogens with zero attached hydrogens (tertiary/aromatic N) is 1. The standard InChI is InChI=1S/C26H36N2O4S/c1-26(2,3)32-24(29)23(27-25(30)31-19-20-11-7-6-8-12-20)17-21-13-14-22(33-21)18-28-15-9-4-5-10-16-28/h6-8,11-14,23H,4-5,9-10,15-19H2,1-3H3,(H,27,30). The van der Waals surface area contributed by atoms with Gasteiger partial charge in [-0.25, -0.2) is 9.59 Å². The van der Waals surface area contributed by atoms with Crippen LogP contribution < -0.4 is 5.32 Å². The smallest absolute Gasteiger partial charge is 0.408 e. The molecule has 0 radical (unpaired) electrons. The molecule has 1 aliphatic rings. The fourth-order valence-corrected chi connectivity index (χ4v) is 4.91. The van der Waals surface area contributed by atoms with Gasteiger partial charge in [0, 0.05) is 22.7 Å². The van der Waals surface area contributed by atoms with Gasteiger partial charge in [-0.1, -0.05) is 43.2 Å². The molecule has 1 saturated heterocycles. The van der Waals surface area contributed by atoms with Crippen LogP contribution in [0.4, 0.5) is 4.79 Å². The van der Waals surface area contributed by atoms with Crippen LogP contribution >= 0.6 is 11.3 Å². The van der Waals surface area contributed by atoms with Gasteiger partial charge < -0.3 is 14.8 Å². The van der Waals surface area contributed by atoms with Crippen LogP contribution in [-0.4, -0.2) is 41.7 Å². The average Bonchev–Trinajstić information content (AvgIpc) is 3.03. The van der Waals surface area contributed by atoms with Crippen LogP contribution in [-0.2, 0) is 33.8 Å². The second kappa shape index (κ2) is 12.2. The van der Waals surface area contributed by atoms with Crippen LogP contribution in [0.3, 0.4) is 0 Å². The lowest BCUT2D eigenvalue weighted by Crippen LogP contribution is -2.45. The van der Waals surface area contributed by atoms with Crippen molar-refractivity contribution in [3.8, 4) is 0 Å². The Hall–Kier alpha value is -2.38. The molecule has 2 heterocycles. The van der Waals surface area contributed by atoms with Gasteiger partial charge in [0.2, 0.25) is 0 Å². The molecule has 0 aliphatic carbocycles. The molecule has 7 heteroatoms. The normalized spacial score (nSPS) is 16.0. The number of thiophene rings is 1. The van der Waals surface area contributed by atoms with E-state index in [0.717, 1.165) is 30.1 Å². The molecule has 180 valence electrons. The summed E-state index contributed by atoms with van der Waals surface area (Å²) in [6.07, 6.45) is 4.89. The molecule has 0 bridgehead atoms. The molecule has 0 saturated carbocycles. The van der Waals surface area contributed by atoms with Crippen molar-refractivity contribution >= 4 is 23.4 Å². The van der Waals surface area contributed by atoms with Crippen LogP contribution in [0.25, 0.3) is 0 Å². The number of alkyl carbamates (subject to hydrolysis) is 1. The zero-order chi connectivity index (χ0) is 23.7.